The highest BCUT2D eigenvalue weighted by atomic mass is 79.9. The second kappa shape index (κ2) is 3.57. The largest absolute Gasteiger partial charge is 0.298 e. The molecule has 0 radical (unpaired) electrons. The van der Waals surface area contributed by atoms with Gasteiger partial charge in [0.2, 0.25) is 10.0 Å². The summed E-state index contributed by atoms with van der Waals surface area (Å²) in [6, 6.07) is 3.96. The zero-order valence-corrected chi connectivity index (χ0v) is 8.80. The first kappa shape index (κ1) is 10.4. The third-order valence-corrected chi connectivity index (χ3v) is 3.03. The van der Waals surface area contributed by atoms with Crippen molar-refractivity contribution in [3.05, 3.63) is 28.2 Å². The lowest BCUT2D eigenvalue weighted by Crippen LogP contribution is -2.12. The maximum Gasteiger partial charge on any atom is 0.238 e. The molecule has 70 valence electrons. The van der Waals surface area contributed by atoms with Crippen LogP contribution in [-0.4, -0.2) is 14.7 Å². The summed E-state index contributed by atoms with van der Waals surface area (Å²) in [4.78, 5) is 10.4. The second-order valence-electron chi connectivity index (χ2n) is 2.35. The summed E-state index contributed by atoms with van der Waals surface area (Å²) in [6.07, 6.45) is 0.622. The van der Waals surface area contributed by atoms with Gasteiger partial charge in [0, 0.05) is 10.0 Å². The van der Waals surface area contributed by atoms with Gasteiger partial charge in [-0.05, 0) is 18.2 Å². The van der Waals surface area contributed by atoms with Crippen molar-refractivity contribution >= 4 is 32.2 Å². The Hall–Kier alpha value is -0.720. The minimum atomic E-state index is -3.70. The average Bonchev–Trinajstić information content (AvgIpc) is 2.02. The molecule has 0 saturated heterocycles. The van der Waals surface area contributed by atoms with Gasteiger partial charge in [0.25, 0.3) is 0 Å². The lowest BCUT2D eigenvalue weighted by molar-refractivity contribution is 0.112. The molecule has 2 N–H and O–H groups in total. The number of hydrogen-bond donors (Lipinski definition) is 1. The fourth-order valence-electron chi connectivity index (χ4n) is 0.780. The monoisotopic (exact) mass is 263 g/mol. The van der Waals surface area contributed by atoms with Crippen molar-refractivity contribution in [3.8, 4) is 0 Å². The van der Waals surface area contributed by atoms with Crippen LogP contribution in [0.3, 0.4) is 0 Å². The smallest absolute Gasteiger partial charge is 0.238 e. The Bertz CT molecular complexity index is 441. The zero-order valence-electron chi connectivity index (χ0n) is 6.40. The van der Waals surface area contributed by atoms with Crippen molar-refractivity contribution in [2.24, 2.45) is 5.14 Å². The molecule has 0 fully saturated rings. The number of hydrogen-bond acceptors (Lipinski definition) is 3. The Labute approximate surface area is 83.9 Å². The fraction of sp³-hybridized carbons (Fsp3) is 0. The molecule has 1 aromatic carbocycles. The van der Waals surface area contributed by atoms with E-state index in [0.29, 0.717) is 16.3 Å². The van der Waals surface area contributed by atoms with Gasteiger partial charge < -0.3 is 0 Å². The molecule has 0 spiro atoms. The first-order valence-corrected chi connectivity index (χ1v) is 5.56. The predicted molar refractivity (Wildman–Crippen MR) is 50.9 cm³/mol. The van der Waals surface area contributed by atoms with Gasteiger partial charge in [0.1, 0.15) is 0 Å². The topological polar surface area (TPSA) is 77.2 Å². The average molecular weight is 264 g/mol. The molecule has 1 rings (SSSR count). The van der Waals surface area contributed by atoms with Crippen LogP contribution in [0, 0.1) is 0 Å². The second-order valence-corrected chi connectivity index (χ2v) is 4.76. The molecular weight excluding hydrogens is 258 g/mol. The maximum atomic E-state index is 10.9. The molecule has 4 nitrogen and oxygen atoms in total. The molecule has 0 amide bonds. The van der Waals surface area contributed by atoms with Crippen LogP contribution in [0.5, 0.6) is 0 Å². The Kier molecular flexibility index (Phi) is 2.84. The molecule has 0 atom stereocenters. The van der Waals surface area contributed by atoms with Crippen LogP contribution in [0.1, 0.15) is 10.4 Å². The number of primary sulfonamides is 1. The number of aldehydes is 1. The summed E-state index contributed by atoms with van der Waals surface area (Å²) < 4.78 is 22.1. The quantitative estimate of drug-likeness (QED) is 0.806. The molecule has 0 heterocycles. The van der Waals surface area contributed by atoms with Crippen LogP contribution in [-0.2, 0) is 10.0 Å². The van der Waals surface area contributed by atoms with Crippen molar-refractivity contribution < 1.29 is 13.2 Å². The standard InChI is InChI=1S/C7H6BrNO3S/c8-7-3-6(13(9,11)12)2-1-5(7)4-10/h1-4H,(H2,9,11,12). The summed E-state index contributed by atoms with van der Waals surface area (Å²) >= 11 is 3.05. The highest BCUT2D eigenvalue weighted by Crippen LogP contribution is 2.18. The number of halogens is 1. The maximum absolute atomic E-state index is 10.9. The first-order valence-electron chi connectivity index (χ1n) is 3.22. The van der Waals surface area contributed by atoms with Crippen LogP contribution in [0.4, 0.5) is 0 Å². The van der Waals surface area contributed by atoms with E-state index in [9.17, 15) is 13.2 Å². The SMILES string of the molecule is NS(=O)(=O)c1ccc(C=O)c(Br)c1. The number of sulfonamides is 1. The third kappa shape index (κ3) is 2.36. The molecule has 0 bridgehead atoms. The first-order chi connectivity index (χ1) is 5.95. The predicted octanol–water partition coefficient (Wildman–Crippen LogP) is 0.909. The van der Waals surface area contributed by atoms with Gasteiger partial charge in [-0.2, -0.15) is 0 Å². The van der Waals surface area contributed by atoms with Crippen LogP contribution in [0.15, 0.2) is 27.6 Å². The Morgan fingerprint density at radius 3 is 2.38 bits per heavy atom. The van der Waals surface area contributed by atoms with E-state index in [2.05, 4.69) is 15.9 Å². The summed E-state index contributed by atoms with van der Waals surface area (Å²) in [7, 11) is -3.70. The zero-order chi connectivity index (χ0) is 10.1. The van der Waals surface area contributed by atoms with E-state index in [1.54, 1.807) is 0 Å². The minimum absolute atomic E-state index is 0.0232. The molecule has 0 saturated carbocycles. The number of nitrogens with two attached hydrogens (primary N) is 1. The minimum Gasteiger partial charge on any atom is -0.298 e. The van der Waals surface area contributed by atoms with Crippen LogP contribution in [0.25, 0.3) is 0 Å². The van der Waals surface area contributed by atoms with Crippen molar-refractivity contribution in [1.82, 2.24) is 0 Å². The summed E-state index contributed by atoms with van der Waals surface area (Å²) in [5, 5.41) is 4.88. The van der Waals surface area contributed by atoms with Gasteiger partial charge in [-0.25, -0.2) is 13.6 Å². The lowest BCUT2D eigenvalue weighted by atomic mass is 10.2. The molecule has 1 aromatic rings. The van der Waals surface area contributed by atoms with Crippen LogP contribution >= 0.6 is 15.9 Å². The van der Waals surface area contributed by atoms with E-state index >= 15 is 0 Å². The molecule has 0 aliphatic heterocycles. The van der Waals surface area contributed by atoms with Gasteiger partial charge in [0.15, 0.2) is 6.29 Å². The molecule has 0 aliphatic carbocycles. The Morgan fingerprint density at radius 2 is 2.00 bits per heavy atom. The van der Waals surface area contributed by atoms with E-state index in [1.165, 1.54) is 18.2 Å². The highest BCUT2D eigenvalue weighted by molar-refractivity contribution is 9.10. The van der Waals surface area contributed by atoms with Crippen LogP contribution in [0.2, 0.25) is 0 Å². The van der Waals surface area contributed by atoms with E-state index in [0.717, 1.165) is 0 Å². The van der Waals surface area contributed by atoms with Gasteiger partial charge in [-0.15, -0.1) is 0 Å². The Morgan fingerprint density at radius 1 is 1.38 bits per heavy atom. The number of carbonyl (C=O) groups excluding carboxylic acids is 1. The van der Waals surface area contributed by atoms with Crippen molar-refractivity contribution in [2.75, 3.05) is 0 Å². The summed E-state index contributed by atoms with van der Waals surface area (Å²) in [5.41, 5.74) is 0.382. The lowest BCUT2D eigenvalue weighted by Gasteiger charge is -2.00. The van der Waals surface area contributed by atoms with Crippen molar-refractivity contribution in [1.29, 1.82) is 0 Å². The van der Waals surface area contributed by atoms with Gasteiger partial charge in [-0.3, -0.25) is 4.79 Å². The third-order valence-electron chi connectivity index (χ3n) is 1.43. The van der Waals surface area contributed by atoms with Crippen LogP contribution < -0.4 is 5.14 Å². The molecular formula is C7H6BrNO3S. The van der Waals surface area contributed by atoms with Crippen molar-refractivity contribution in [3.63, 3.8) is 0 Å². The summed E-state index contributed by atoms with van der Waals surface area (Å²) in [5.74, 6) is 0. The van der Waals surface area contributed by atoms with E-state index in [1.807, 2.05) is 0 Å². The summed E-state index contributed by atoms with van der Waals surface area (Å²) in [6.45, 7) is 0. The van der Waals surface area contributed by atoms with Gasteiger partial charge in [0.05, 0.1) is 4.90 Å². The van der Waals surface area contributed by atoms with Crippen molar-refractivity contribution in [2.45, 2.75) is 4.90 Å². The van der Waals surface area contributed by atoms with E-state index in [-0.39, 0.29) is 4.90 Å². The highest BCUT2D eigenvalue weighted by Gasteiger charge is 2.09. The van der Waals surface area contributed by atoms with E-state index in [4.69, 9.17) is 5.14 Å². The molecule has 6 heteroatoms. The molecule has 0 unspecified atom stereocenters. The molecule has 0 aliphatic rings. The molecule has 0 aromatic heterocycles. The number of rotatable bonds is 2. The van der Waals surface area contributed by atoms with Gasteiger partial charge in [-0.1, -0.05) is 15.9 Å². The Balaban J connectivity index is 3.34. The number of benzene rings is 1. The van der Waals surface area contributed by atoms with Gasteiger partial charge >= 0.3 is 0 Å². The molecule has 13 heavy (non-hydrogen) atoms. The normalized spacial score (nSPS) is 11.2. The van der Waals surface area contributed by atoms with E-state index < -0.39 is 10.0 Å². The fourth-order valence-corrected chi connectivity index (χ4v) is 1.94. The number of carbonyl (C=O) groups is 1.